The van der Waals surface area contributed by atoms with Gasteiger partial charge in [0.2, 0.25) is 0 Å². The molecule has 0 unspecified atom stereocenters. The quantitative estimate of drug-likeness (QED) is 0.508. The Morgan fingerprint density at radius 3 is 2.33 bits per heavy atom. The van der Waals surface area contributed by atoms with Crippen molar-refractivity contribution in [2.45, 2.75) is 34.1 Å². The van der Waals surface area contributed by atoms with Gasteiger partial charge < -0.3 is 5.73 Å². The van der Waals surface area contributed by atoms with Gasteiger partial charge in [-0.15, -0.1) is 0 Å². The van der Waals surface area contributed by atoms with Crippen LogP contribution < -0.4 is 5.73 Å². The molecule has 0 aliphatic rings. The molecule has 0 amide bonds. The second-order valence-electron chi connectivity index (χ2n) is 2.74. The first-order valence-corrected chi connectivity index (χ1v) is 4.07. The minimum atomic E-state index is 0.554. The van der Waals surface area contributed by atoms with Gasteiger partial charge in [-0.05, 0) is 27.2 Å². The lowest BCUT2D eigenvalue weighted by atomic mass is 10.3. The highest BCUT2D eigenvalue weighted by atomic mass is 14.9. The van der Waals surface area contributed by atoms with E-state index >= 15 is 0 Å². The van der Waals surface area contributed by atoms with E-state index in [1.165, 1.54) is 0 Å². The molecule has 0 aliphatic carbocycles. The van der Waals surface area contributed by atoms with Gasteiger partial charge in [-0.3, -0.25) is 4.99 Å². The first kappa shape index (κ1) is 10.9. The van der Waals surface area contributed by atoms with Crippen LogP contribution in [0.2, 0.25) is 0 Å². The molecule has 0 heterocycles. The zero-order valence-corrected chi connectivity index (χ0v) is 8.26. The summed E-state index contributed by atoms with van der Waals surface area (Å²) in [4.78, 5) is 8.22. The van der Waals surface area contributed by atoms with Crippen molar-refractivity contribution in [3.63, 3.8) is 0 Å². The highest BCUT2D eigenvalue weighted by molar-refractivity contribution is 5.82. The largest absolute Gasteiger partial charge is 0.387 e. The molecule has 0 aromatic rings. The van der Waals surface area contributed by atoms with Crippen LogP contribution in [0.3, 0.4) is 0 Å². The molecule has 0 radical (unpaired) electrons. The van der Waals surface area contributed by atoms with Crippen LogP contribution in [0.5, 0.6) is 0 Å². The number of hydrogen-bond donors (Lipinski definition) is 1. The standard InChI is InChI=1S/C9H17N3/c1-5-7(2)12-8(3)6-11-9(4)10/h6H,5H2,1-4H3,(H2,10,11)/b8-6+,12-7?. The van der Waals surface area contributed by atoms with Crippen LogP contribution in [0.25, 0.3) is 0 Å². The van der Waals surface area contributed by atoms with E-state index < -0.39 is 0 Å². The molecule has 0 bridgehead atoms. The number of nitrogens with zero attached hydrogens (tertiary/aromatic N) is 2. The molecular formula is C9H17N3. The molecule has 0 saturated heterocycles. The molecule has 0 rings (SSSR count). The van der Waals surface area contributed by atoms with Crippen LogP contribution in [0.4, 0.5) is 0 Å². The molecule has 0 spiro atoms. The Kier molecular flexibility index (Phi) is 5.00. The van der Waals surface area contributed by atoms with E-state index in [1.54, 1.807) is 13.1 Å². The SMILES string of the molecule is CCC(C)=N/C(C)=C/N=C(C)N. The van der Waals surface area contributed by atoms with Gasteiger partial charge in [0.05, 0.1) is 17.7 Å². The topological polar surface area (TPSA) is 50.7 Å². The predicted octanol–water partition coefficient (Wildman–Crippen LogP) is 2.10. The van der Waals surface area contributed by atoms with E-state index in [1.807, 2.05) is 13.8 Å². The van der Waals surface area contributed by atoms with Crippen molar-refractivity contribution in [3.05, 3.63) is 11.9 Å². The summed E-state index contributed by atoms with van der Waals surface area (Å²) in [5, 5.41) is 0. The van der Waals surface area contributed by atoms with Crippen molar-refractivity contribution in [3.8, 4) is 0 Å². The molecule has 0 atom stereocenters. The molecular weight excluding hydrogens is 150 g/mol. The van der Waals surface area contributed by atoms with Gasteiger partial charge in [0.25, 0.3) is 0 Å². The fourth-order valence-corrected chi connectivity index (χ4v) is 0.604. The van der Waals surface area contributed by atoms with Crippen molar-refractivity contribution >= 4 is 11.5 Å². The van der Waals surface area contributed by atoms with Crippen molar-refractivity contribution in [1.29, 1.82) is 0 Å². The van der Waals surface area contributed by atoms with Crippen LogP contribution >= 0.6 is 0 Å². The highest BCUT2D eigenvalue weighted by Gasteiger charge is 1.86. The molecule has 0 fully saturated rings. The fourth-order valence-electron chi connectivity index (χ4n) is 0.604. The second-order valence-corrected chi connectivity index (χ2v) is 2.74. The average Bonchev–Trinajstić information content (AvgIpc) is 2.00. The molecule has 2 N–H and O–H groups in total. The lowest BCUT2D eigenvalue weighted by molar-refractivity contribution is 1.19. The number of allylic oxidation sites excluding steroid dienone is 1. The van der Waals surface area contributed by atoms with Gasteiger partial charge in [-0.1, -0.05) is 6.92 Å². The fraction of sp³-hybridized carbons (Fsp3) is 0.556. The maximum Gasteiger partial charge on any atom is 0.0958 e. The first-order chi connectivity index (χ1) is 5.56. The van der Waals surface area contributed by atoms with Crippen LogP contribution in [0.15, 0.2) is 21.9 Å². The zero-order valence-electron chi connectivity index (χ0n) is 8.26. The van der Waals surface area contributed by atoms with Gasteiger partial charge >= 0.3 is 0 Å². The van der Waals surface area contributed by atoms with Crippen molar-refractivity contribution in [2.75, 3.05) is 0 Å². The van der Waals surface area contributed by atoms with E-state index in [9.17, 15) is 0 Å². The Balaban J connectivity index is 4.30. The summed E-state index contributed by atoms with van der Waals surface area (Å²) in [7, 11) is 0. The van der Waals surface area contributed by atoms with Crippen molar-refractivity contribution in [2.24, 2.45) is 15.7 Å². The van der Waals surface area contributed by atoms with Crippen molar-refractivity contribution < 1.29 is 0 Å². The molecule has 3 nitrogen and oxygen atoms in total. The Morgan fingerprint density at radius 1 is 1.33 bits per heavy atom. The molecule has 0 aliphatic heterocycles. The highest BCUT2D eigenvalue weighted by Crippen LogP contribution is 1.97. The molecule has 0 aromatic carbocycles. The number of aliphatic imine (C=N–C) groups is 2. The molecule has 68 valence electrons. The summed E-state index contributed by atoms with van der Waals surface area (Å²) in [6.45, 7) is 7.73. The molecule has 0 saturated carbocycles. The summed E-state index contributed by atoms with van der Waals surface area (Å²) in [6.07, 6.45) is 2.64. The normalized spacial score (nSPS) is 15.2. The van der Waals surface area contributed by atoms with Crippen LogP contribution in [0.1, 0.15) is 34.1 Å². The van der Waals surface area contributed by atoms with Gasteiger partial charge in [-0.2, -0.15) is 0 Å². The van der Waals surface area contributed by atoms with Crippen molar-refractivity contribution in [1.82, 2.24) is 0 Å². The summed E-state index contributed by atoms with van der Waals surface area (Å²) in [5.41, 5.74) is 7.35. The van der Waals surface area contributed by atoms with Gasteiger partial charge in [0.15, 0.2) is 0 Å². The minimum Gasteiger partial charge on any atom is -0.387 e. The number of hydrogen-bond acceptors (Lipinski definition) is 2. The Labute approximate surface area is 74.1 Å². The molecule has 12 heavy (non-hydrogen) atoms. The zero-order chi connectivity index (χ0) is 9.56. The third-order valence-electron chi connectivity index (χ3n) is 1.33. The van der Waals surface area contributed by atoms with E-state index in [0.29, 0.717) is 5.84 Å². The Morgan fingerprint density at radius 2 is 1.92 bits per heavy atom. The number of amidine groups is 1. The maximum atomic E-state index is 5.36. The minimum absolute atomic E-state index is 0.554. The Hall–Kier alpha value is -1.12. The lowest BCUT2D eigenvalue weighted by Gasteiger charge is -1.94. The number of nitrogens with two attached hydrogens (primary N) is 1. The van der Waals surface area contributed by atoms with Gasteiger partial charge in [0, 0.05) is 5.71 Å². The molecule has 3 heteroatoms. The smallest absolute Gasteiger partial charge is 0.0958 e. The lowest BCUT2D eigenvalue weighted by Crippen LogP contribution is -2.03. The summed E-state index contributed by atoms with van der Waals surface area (Å²) in [5.74, 6) is 0.554. The maximum absolute atomic E-state index is 5.36. The first-order valence-electron chi connectivity index (χ1n) is 4.07. The van der Waals surface area contributed by atoms with E-state index in [0.717, 1.165) is 17.8 Å². The van der Waals surface area contributed by atoms with Crippen LogP contribution in [0, 0.1) is 0 Å². The number of rotatable bonds is 3. The van der Waals surface area contributed by atoms with Gasteiger partial charge in [0.1, 0.15) is 0 Å². The average molecular weight is 167 g/mol. The monoisotopic (exact) mass is 167 g/mol. The summed E-state index contributed by atoms with van der Waals surface area (Å²) in [6, 6.07) is 0. The van der Waals surface area contributed by atoms with Crippen LogP contribution in [-0.2, 0) is 0 Å². The summed E-state index contributed by atoms with van der Waals surface area (Å²) < 4.78 is 0. The van der Waals surface area contributed by atoms with E-state index in [4.69, 9.17) is 5.73 Å². The van der Waals surface area contributed by atoms with Gasteiger partial charge in [-0.25, -0.2) is 4.99 Å². The van der Waals surface area contributed by atoms with Crippen LogP contribution in [-0.4, -0.2) is 11.5 Å². The third-order valence-corrected chi connectivity index (χ3v) is 1.33. The Bertz CT molecular complexity index is 220. The second kappa shape index (κ2) is 5.52. The third kappa shape index (κ3) is 5.65. The van der Waals surface area contributed by atoms with E-state index in [-0.39, 0.29) is 0 Å². The predicted molar refractivity (Wildman–Crippen MR) is 54.5 cm³/mol. The molecule has 0 aromatic heterocycles. The van der Waals surface area contributed by atoms with E-state index in [2.05, 4.69) is 16.9 Å². The summed E-state index contributed by atoms with van der Waals surface area (Å²) >= 11 is 0.